The van der Waals surface area contributed by atoms with Gasteiger partial charge in [0.05, 0.1) is 0 Å². The molecule has 0 spiro atoms. The van der Waals surface area contributed by atoms with Gasteiger partial charge in [-0.3, -0.25) is 14.4 Å². The zero-order valence-corrected chi connectivity index (χ0v) is 53.0. The summed E-state index contributed by atoms with van der Waals surface area (Å²) in [6, 6.07) is 0. The van der Waals surface area contributed by atoms with Crippen molar-refractivity contribution in [2.45, 2.75) is 322 Å². The monoisotopic (exact) mass is 1120 g/mol. The number of hydrogen-bond acceptors (Lipinski definition) is 6. The summed E-state index contributed by atoms with van der Waals surface area (Å²) < 4.78 is 16.9. The van der Waals surface area contributed by atoms with E-state index >= 15 is 0 Å². The highest BCUT2D eigenvalue weighted by Crippen LogP contribution is 2.16. The molecule has 0 saturated carbocycles. The molecular weight excluding hydrogens is 997 g/mol. The van der Waals surface area contributed by atoms with Gasteiger partial charge in [0.15, 0.2) is 6.10 Å². The average Bonchev–Trinajstić information content (AvgIpc) is 3.47. The zero-order chi connectivity index (χ0) is 58.5. The van der Waals surface area contributed by atoms with E-state index in [1.165, 1.54) is 161 Å². The van der Waals surface area contributed by atoms with Gasteiger partial charge in [-0.1, -0.05) is 309 Å². The molecule has 462 valence electrons. The van der Waals surface area contributed by atoms with Gasteiger partial charge in [0.1, 0.15) is 13.2 Å². The number of unbranched alkanes of at least 4 members (excludes halogenated alkanes) is 30. The molecule has 0 rings (SSSR count). The molecule has 0 aliphatic carbocycles. The summed E-state index contributed by atoms with van der Waals surface area (Å²) in [5, 5.41) is 0. The van der Waals surface area contributed by atoms with Crippen molar-refractivity contribution in [2.24, 2.45) is 0 Å². The number of carbonyl (C=O) groups excluding carboxylic acids is 3. The predicted molar refractivity (Wildman–Crippen MR) is 353 cm³/mol. The maximum absolute atomic E-state index is 13.0. The second-order valence-electron chi connectivity index (χ2n) is 22.4. The molecule has 0 saturated heterocycles. The Morgan fingerprint density at radius 2 is 0.494 bits per heavy atom. The highest BCUT2D eigenvalue weighted by Gasteiger charge is 2.19. The predicted octanol–water partition coefficient (Wildman–Crippen LogP) is 23.6. The summed E-state index contributed by atoms with van der Waals surface area (Å²) in [5.41, 5.74) is 0. The number of esters is 3. The van der Waals surface area contributed by atoms with Crippen molar-refractivity contribution < 1.29 is 28.6 Å². The fourth-order valence-electron chi connectivity index (χ4n) is 9.38. The van der Waals surface area contributed by atoms with Gasteiger partial charge in [0.25, 0.3) is 0 Å². The van der Waals surface area contributed by atoms with Crippen molar-refractivity contribution in [2.75, 3.05) is 13.2 Å². The van der Waals surface area contributed by atoms with E-state index in [1.807, 2.05) is 0 Å². The molecule has 6 heteroatoms. The molecular formula is C75H126O6. The van der Waals surface area contributed by atoms with E-state index in [2.05, 4.69) is 142 Å². The Balaban J connectivity index is 4.49. The summed E-state index contributed by atoms with van der Waals surface area (Å²) >= 11 is 0. The summed E-state index contributed by atoms with van der Waals surface area (Å²) in [4.78, 5) is 38.4. The molecule has 0 heterocycles. The van der Waals surface area contributed by atoms with Gasteiger partial charge in [0, 0.05) is 19.3 Å². The molecule has 0 aromatic heterocycles. The van der Waals surface area contributed by atoms with Gasteiger partial charge in [-0.2, -0.15) is 0 Å². The van der Waals surface area contributed by atoms with Crippen LogP contribution in [0.3, 0.4) is 0 Å². The second kappa shape index (κ2) is 68.3. The first-order chi connectivity index (χ1) is 40.0. The summed E-state index contributed by atoms with van der Waals surface area (Å²) in [7, 11) is 0. The topological polar surface area (TPSA) is 78.9 Å². The Kier molecular flexibility index (Phi) is 64.8. The number of hydrogen-bond donors (Lipinski definition) is 0. The molecule has 0 N–H and O–H groups in total. The van der Waals surface area contributed by atoms with E-state index < -0.39 is 6.10 Å². The molecule has 6 nitrogen and oxygen atoms in total. The first-order valence-corrected chi connectivity index (χ1v) is 34.0. The van der Waals surface area contributed by atoms with Crippen LogP contribution < -0.4 is 0 Å². The lowest BCUT2D eigenvalue weighted by molar-refractivity contribution is -0.167. The van der Waals surface area contributed by atoms with E-state index in [1.54, 1.807) is 0 Å². The van der Waals surface area contributed by atoms with E-state index in [9.17, 15) is 14.4 Å². The van der Waals surface area contributed by atoms with Crippen molar-refractivity contribution in [3.05, 3.63) is 122 Å². The van der Waals surface area contributed by atoms with Crippen LogP contribution >= 0.6 is 0 Å². The maximum atomic E-state index is 13.0. The lowest BCUT2D eigenvalue weighted by Crippen LogP contribution is -2.30. The number of carbonyl (C=O) groups is 3. The minimum Gasteiger partial charge on any atom is -0.462 e. The normalized spacial score (nSPS) is 12.9. The fourth-order valence-corrected chi connectivity index (χ4v) is 9.38. The molecule has 81 heavy (non-hydrogen) atoms. The van der Waals surface area contributed by atoms with E-state index in [4.69, 9.17) is 14.2 Å². The third kappa shape index (κ3) is 66.5. The van der Waals surface area contributed by atoms with Gasteiger partial charge >= 0.3 is 17.9 Å². The largest absolute Gasteiger partial charge is 0.462 e. The minimum absolute atomic E-state index is 0.0990. The molecule has 0 aromatic carbocycles. The first-order valence-electron chi connectivity index (χ1n) is 34.0. The minimum atomic E-state index is -0.810. The van der Waals surface area contributed by atoms with Crippen LogP contribution in [-0.2, 0) is 28.6 Å². The van der Waals surface area contributed by atoms with Crippen LogP contribution in [0.25, 0.3) is 0 Å². The number of rotatable bonds is 61. The fraction of sp³-hybridized carbons (Fsp3) is 0.693. The smallest absolute Gasteiger partial charge is 0.306 e. The molecule has 0 aliphatic heterocycles. The zero-order valence-electron chi connectivity index (χ0n) is 53.0. The third-order valence-electron chi connectivity index (χ3n) is 14.5. The molecule has 1 atom stereocenters. The van der Waals surface area contributed by atoms with Crippen molar-refractivity contribution >= 4 is 17.9 Å². The van der Waals surface area contributed by atoms with Crippen LogP contribution in [0.4, 0.5) is 0 Å². The quantitative estimate of drug-likeness (QED) is 0.0261. The van der Waals surface area contributed by atoms with Gasteiger partial charge in [0.2, 0.25) is 0 Å². The average molecular weight is 1120 g/mol. The Labute approximate surface area is 501 Å². The number of allylic oxidation sites excluding steroid dienone is 20. The van der Waals surface area contributed by atoms with Gasteiger partial charge in [-0.25, -0.2) is 0 Å². The van der Waals surface area contributed by atoms with Crippen LogP contribution in [0.15, 0.2) is 122 Å². The molecule has 0 radical (unpaired) electrons. The van der Waals surface area contributed by atoms with Crippen molar-refractivity contribution in [3.63, 3.8) is 0 Å². The standard InChI is InChI=1S/C75H126O6/c1-4-7-10-13-16-19-22-25-28-31-33-35-37-39-41-44-47-50-53-56-59-62-65-68-74(77)80-71-72(70-79-73(76)67-64-61-58-55-52-49-46-43-30-27-24-21-18-15-12-9-6-3)81-75(78)69-66-63-60-57-54-51-48-45-42-40-38-36-34-32-29-26-23-20-17-14-11-8-5-2/h7,10,16,19,23,25-26,28,32-35,38-41,47,50,56,59,72H,4-6,8-9,11-15,17-18,20-22,24,27,29-31,36-37,42-46,48-49,51-55,57-58,60-71H2,1-3H3/b10-7-,19-16-,26-23-,28-25-,34-32-,35-33-,40-38-,41-39-,50-47-,59-56-. The maximum Gasteiger partial charge on any atom is 0.306 e. The summed E-state index contributed by atoms with van der Waals surface area (Å²) in [5.74, 6) is -0.958. The lowest BCUT2D eigenvalue weighted by Gasteiger charge is -2.18. The van der Waals surface area contributed by atoms with Crippen molar-refractivity contribution in [3.8, 4) is 0 Å². The van der Waals surface area contributed by atoms with Gasteiger partial charge in [-0.15, -0.1) is 0 Å². The van der Waals surface area contributed by atoms with E-state index in [0.717, 1.165) is 109 Å². The molecule has 0 aliphatic rings. The van der Waals surface area contributed by atoms with E-state index in [-0.39, 0.29) is 37.5 Å². The van der Waals surface area contributed by atoms with Crippen molar-refractivity contribution in [1.29, 1.82) is 0 Å². The summed E-state index contributed by atoms with van der Waals surface area (Å²) in [6.07, 6.45) is 95.0. The third-order valence-corrected chi connectivity index (χ3v) is 14.5. The molecule has 0 fully saturated rings. The Hall–Kier alpha value is -4.19. The van der Waals surface area contributed by atoms with Gasteiger partial charge < -0.3 is 14.2 Å². The highest BCUT2D eigenvalue weighted by molar-refractivity contribution is 5.71. The molecule has 1 unspecified atom stereocenters. The van der Waals surface area contributed by atoms with Crippen molar-refractivity contribution in [1.82, 2.24) is 0 Å². The van der Waals surface area contributed by atoms with Crippen LogP contribution in [0.5, 0.6) is 0 Å². The Morgan fingerprint density at radius 1 is 0.259 bits per heavy atom. The SMILES string of the molecule is CC/C=C\C/C=C\C/C=C\C/C=C\C/C=C\C/C=C\C/C=C\CCCC(=O)OCC(COC(=O)CCCCCCCCCCCCCCCCCCC)OC(=O)CCCCCCCCCC/C=C\C/C=C\C/C=C\CCCCCCC. The van der Waals surface area contributed by atoms with Crippen LogP contribution in [0.2, 0.25) is 0 Å². The Morgan fingerprint density at radius 3 is 0.802 bits per heavy atom. The summed E-state index contributed by atoms with van der Waals surface area (Å²) in [6.45, 7) is 6.49. The first kappa shape index (κ1) is 76.8. The van der Waals surface area contributed by atoms with Crippen LogP contribution in [0.1, 0.15) is 316 Å². The second-order valence-corrected chi connectivity index (χ2v) is 22.4. The molecule has 0 amide bonds. The van der Waals surface area contributed by atoms with Crippen LogP contribution in [-0.4, -0.2) is 37.2 Å². The Bertz CT molecular complexity index is 1670. The van der Waals surface area contributed by atoms with E-state index in [0.29, 0.717) is 19.3 Å². The molecule has 0 bridgehead atoms. The van der Waals surface area contributed by atoms with Crippen LogP contribution in [0, 0.1) is 0 Å². The highest BCUT2D eigenvalue weighted by atomic mass is 16.6. The lowest BCUT2D eigenvalue weighted by atomic mass is 10.0. The molecule has 0 aromatic rings. The number of ether oxygens (including phenoxy) is 3. The van der Waals surface area contributed by atoms with Gasteiger partial charge in [-0.05, 0) is 109 Å².